The van der Waals surface area contributed by atoms with E-state index in [2.05, 4.69) is 22.3 Å². The predicted molar refractivity (Wildman–Crippen MR) is 110 cm³/mol. The standard InChI is InChI=1S/C23H33N3O2/c27-21(11-10-19-7-2-1-3-8-19)25-13-6-14-26(16-15-25)22(28)23-12-5-4-9-20(23)17-24-18-23/h1-3,7-8,20,24H,4-6,9-18H2/t20-,23+/m0/s1. The van der Waals surface area contributed by atoms with E-state index < -0.39 is 0 Å². The number of rotatable bonds is 4. The lowest BCUT2D eigenvalue weighted by atomic mass is 9.67. The fourth-order valence-electron chi connectivity index (χ4n) is 5.41. The molecule has 2 atom stereocenters. The van der Waals surface area contributed by atoms with E-state index in [9.17, 15) is 9.59 Å². The van der Waals surface area contributed by atoms with Crippen LogP contribution < -0.4 is 5.32 Å². The molecule has 3 aliphatic rings. The number of aryl methyl sites for hydroxylation is 1. The van der Waals surface area contributed by atoms with Crippen molar-refractivity contribution in [1.82, 2.24) is 15.1 Å². The van der Waals surface area contributed by atoms with Crippen LogP contribution in [0.2, 0.25) is 0 Å². The molecule has 1 N–H and O–H groups in total. The van der Waals surface area contributed by atoms with Gasteiger partial charge in [-0.3, -0.25) is 9.59 Å². The van der Waals surface area contributed by atoms with Crippen LogP contribution in [0.15, 0.2) is 30.3 Å². The molecule has 5 nitrogen and oxygen atoms in total. The van der Waals surface area contributed by atoms with Crippen LogP contribution in [0.4, 0.5) is 0 Å². The van der Waals surface area contributed by atoms with Gasteiger partial charge in [-0.25, -0.2) is 0 Å². The Bertz CT molecular complexity index is 692. The van der Waals surface area contributed by atoms with Gasteiger partial charge in [-0.05, 0) is 43.7 Å². The molecule has 1 aromatic rings. The van der Waals surface area contributed by atoms with Gasteiger partial charge in [-0.2, -0.15) is 0 Å². The molecule has 1 aromatic carbocycles. The highest BCUT2D eigenvalue weighted by Gasteiger charge is 2.51. The van der Waals surface area contributed by atoms with Gasteiger partial charge in [0, 0.05) is 39.1 Å². The number of nitrogens with one attached hydrogen (secondary N) is 1. The zero-order valence-corrected chi connectivity index (χ0v) is 16.9. The molecule has 5 heteroatoms. The highest BCUT2D eigenvalue weighted by Crippen LogP contribution is 2.45. The van der Waals surface area contributed by atoms with E-state index in [1.54, 1.807) is 0 Å². The molecule has 2 heterocycles. The van der Waals surface area contributed by atoms with Crippen molar-refractivity contribution in [3.05, 3.63) is 35.9 Å². The lowest BCUT2D eigenvalue weighted by molar-refractivity contribution is -0.145. The van der Waals surface area contributed by atoms with Gasteiger partial charge >= 0.3 is 0 Å². The Morgan fingerprint density at radius 2 is 1.79 bits per heavy atom. The quantitative estimate of drug-likeness (QED) is 0.869. The van der Waals surface area contributed by atoms with E-state index >= 15 is 0 Å². The molecule has 0 aromatic heterocycles. The van der Waals surface area contributed by atoms with E-state index in [1.165, 1.54) is 24.8 Å². The Morgan fingerprint density at radius 3 is 2.64 bits per heavy atom. The number of hydrogen-bond acceptors (Lipinski definition) is 3. The molecule has 2 amide bonds. The maximum Gasteiger partial charge on any atom is 0.230 e. The molecular formula is C23H33N3O2. The zero-order chi connectivity index (χ0) is 19.4. The second-order valence-electron chi connectivity index (χ2n) is 8.74. The first-order valence-corrected chi connectivity index (χ1v) is 11.0. The van der Waals surface area contributed by atoms with Crippen LogP contribution in [0, 0.1) is 11.3 Å². The summed E-state index contributed by atoms with van der Waals surface area (Å²) in [7, 11) is 0. The summed E-state index contributed by atoms with van der Waals surface area (Å²) in [6, 6.07) is 10.2. The van der Waals surface area contributed by atoms with Crippen molar-refractivity contribution in [3.63, 3.8) is 0 Å². The topological polar surface area (TPSA) is 52.7 Å². The van der Waals surface area contributed by atoms with Crippen LogP contribution in [0.5, 0.6) is 0 Å². The van der Waals surface area contributed by atoms with Gasteiger partial charge in [-0.15, -0.1) is 0 Å². The van der Waals surface area contributed by atoms with Crippen LogP contribution in [-0.4, -0.2) is 60.9 Å². The fraction of sp³-hybridized carbons (Fsp3) is 0.652. The van der Waals surface area contributed by atoms with Crippen molar-refractivity contribution in [1.29, 1.82) is 0 Å². The summed E-state index contributed by atoms with van der Waals surface area (Å²) < 4.78 is 0. The number of fused-ring (bicyclic) bond motifs is 1. The molecule has 152 valence electrons. The van der Waals surface area contributed by atoms with Gasteiger partial charge in [-0.1, -0.05) is 43.2 Å². The van der Waals surface area contributed by atoms with Gasteiger partial charge in [0.25, 0.3) is 0 Å². The Balaban J connectivity index is 1.33. The van der Waals surface area contributed by atoms with Gasteiger partial charge in [0.05, 0.1) is 5.41 Å². The van der Waals surface area contributed by atoms with Gasteiger partial charge in [0.15, 0.2) is 0 Å². The average Bonchev–Trinajstić information content (AvgIpc) is 3.03. The van der Waals surface area contributed by atoms with Gasteiger partial charge in [0.2, 0.25) is 11.8 Å². The van der Waals surface area contributed by atoms with Crippen LogP contribution >= 0.6 is 0 Å². The molecule has 0 unspecified atom stereocenters. The van der Waals surface area contributed by atoms with Crippen LogP contribution in [0.25, 0.3) is 0 Å². The average molecular weight is 384 g/mol. The number of carbonyl (C=O) groups is 2. The Morgan fingerprint density at radius 1 is 1.00 bits per heavy atom. The number of nitrogens with zero attached hydrogens (tertiary/aromatic N) is 2. The summed E-state index contributed by atoms with van der Waals surface area (Å²) in [5.41, 5.74) is 1.03. The third-order valence-electron chi connectivity index (χ3n) is 7.07. The van der Waals surface area contributed by atoms with Crippen molar-refractivity contribution in [2.45, 2.75) is 44.9 Å². The second-order valence-corrected chi connectivity index (χ2v) is 8.74. The maximum atomic E-state index is 13.5. The molecule has 0 spiro atoms. The molecular weight excluding hydrogens is 350 g/mol. The normalized spacial score (nSPS) is 27.9. The first-order valence-electron chi connectivity index (χ1n) is 11.0. The summed E-state index contributed by atoms with van der Waals surface area (Å²) in [6.07, 6.45) is 6.85. The van der Waals surface area contributed by atoms with Gasteiger partial charge in [0.1, 0.15) is 0 Å². The smallest absolute Gasteiger partial charge is 0.230 e. The second kappa shape index (κ2) is 8.64. The number of hydrogen-bond donors (Lipinski definition) is 1. The molecule has 2 saturated heterocycles. The number of benzene rings is 1. The SMILES string of the molecule is O=C(CCc1ccccc1)N1CCCN(C(=O)[C@@]23CCCC[C@H]2CNC3)CC1. The van der Waals surface area contributed by atoms with Crippen molar-refractivity contribution >= 4 is 11.8 Å². The molecule has 0 radical (unpaired) electrons. The van der Waals surface area contributed by atoms with Crippen molar-refractivity contribution in [3.8, 4) is 0 Å². The number of amides is 2. The summed E-state index contributed by atoms with van der Waals surface area (Å²) in [5, 5.41) is 3.49. The van der Waals surface area contributed by atoms with Crippen molar-refractivity contribution in [2.75, 3.05) is 39.3 Å². The van der Waals surface area contributed by atoms with E-state index in [4.69, 9.17) is 0 Å². The number of carbonyl (C=O) groups excluding carboxylic acids is 2. The lowest BCUT2D eigenvalue weighted by Gasteiger charge is -2.40. The zero-order valence-electron chi connectivity index (χ0n) is 16.9. The highest BCUT2D eigenvalue weighted by atomic mass is 16.2. The summed E-state index contributed by atoms with van der Waals surface area (Å²) in [5.74, 6) is 1.07. The molecule has 1 aliphatic carbocycles. The van der Waals surface area contributed by atoms with E-state index in [0.717, 1.165) is 45.4 Å². The summed E-state index contributed by atoms with van der Waals surface area (Å²) >= 11 is 0. The molecule has 0 bridgehead atoms. The highest BCUT2D eigenvalue weighted by molar-refractivity contribution is 5.84. The summed E-state index contributed by atoms with van der Waals surface area (Å²) in [4.78, 5) is 30.2. The minimum Gasteiger partial charge on any atom is -0.341 e. The minimum atomic E-state index is -0.176. The molecule has 3 fully saturated rings. The minimum absolute atomic E-state index is 0.176. The lowest BCUT2D eigenvalue weighted by Crippen LogP contribution is -2.50. The maximum absolute atomic E-state index is 13.5. The summed E-state index contributed by atoms with van der Waals surface area (Å²) in [6.45, 7) is 4.75. The first-order chi connectivity index (χ1) is 13.7. The van der Waals surface area contributed by atoms with Crippen molar-refractivity contribution in [2.24, 2.45) is 11.3 Å². The van der Waals surface area contributed by atoms with Crippen molar-refractivity contribution < 1.29 is 9.59 Å². The molecule has 2 aliphatic heterocycles. The largest absolute Gasteiger partial charge is 0.341 e. The third-order valence-corrected chi connectivity index (χ3v) is 7.07. The monoisotopic (exact) mass is 383 g/mol. The Labute approximate surface area is 168 Å². The third kappa shape index (κ3) is 3.95. The van der Waals surface area contributed by atoms with Crippen LogP contribution in [0.1, 0.15) is 44.1 Å². The molecule has 4 rings (SSSR count). The van der Waals surface area contributed by atoms with Crippen LogP contribution in [0.3, 0.4) is 0 Å². The predicted octanol–water partition coefficient (Wildman–Crippen LogP) is 2.46. The fourth-order valence-corrected chi connectivity index (χ4v) is 5.41. The Hall–Kier alpha value is -1.88. The van der Waals surface area contributed by atoms with E-state index in [-0.39, 0.29) is 11.3 Å². The Kier molecular flexibility index (Phi) is 6.00. The van der Waals surface area contributed by atoms with E-state index in [1.807, 2.05) is 23.1 Å². The van der Waals surface area contributed by atoms with E-state index in [0.29, 0.717) is 31.3 Å². The molecule has 28 heavy (non-hydrogen) atoms. The molecule has 1 saturated carbocycles. The first kappa shape index (κ1) is 19.4. The van der Waals surface area contributed by atoms with Crippen LogP contribution in [-0.2, 0) is 16.0 Å². The van der Waals surface area contributed by atoms with Gasteiger partial charge < -0.3 is 15.1 Å².